The van der Waals surface area contributed by atoms with E-state index in [4.69, 9.17) is 9.47 Å². The Kier molecular flexibility index (Phi) is 3.54. The number of hydrogen-bond donors (Lipinski definition) is 1. The van der Waals surface area contributed by atoms with Crippen LogP contribution in [0, 0.1) is 5.41 Å². The summed E-state index contributed by atoms with van der Waals surface area (Å²) in [5, 5.41) is 9.45. The Balaban J connectivity index is 2.12. The first kappa shape index (κ1) is 13.9. The molecule has 3 rings (SSSR count). The molecule has 0 aromatic heterocycles. The normalized spacial score (nSPS) is 32.4. The van der Waals surface area contributed by atoms with Crippen LogP contribution in [0.5, 0.6) is 0 Å². The van der Waals surface area contributed by atoms with Crippen molar-refractivity contribution in [3.05, 3.63) is 12.7 Å². The second kappa shape index (κ2) is 4.85. The van der Waals surface area contributed by atoms with E-state index in [2.05, 4.69) is 6.58 Å². The van der Waals surface area contributed by atoms with Gasteiger partial charge in [-0.2, -0.15) is 0 Å². The van der Waals surface area contributed by atoms with Crippen molar-refractivity contribution < 1.29 is 24.2 Å². The van der Waals surface area contributed by atoms with Gasteiger partial charge in [-0.05, 0) is 19.3 Å². The molecule has 0 radical (unpaired) electrons. The van der Waals surface area contributed by atoms with Gasteiger partial charge in [0.2, 0.25) is 0 Å². The number of aliphatic carboxylic acids is 1. The zero-order valence-electron chi connectivity index (χ0n) is 11.1. The van der Waals surface area contributed by atoms with Gasteiger partial charge in [0, 0.05) is 19.1 Å². The van der Waals surface area contributed by atoms with Crippen molar-refractivity contribution in [1.29, 1.82) is 0 Å². The molecule has 1 amide bonds. The van der Waals surface area contributed by atoms with E-state index in [1.54, 1.807) is 7.11 Å². The summed E-state index contributed by atoms with van der Waals surface area (Å²) in [5.41, 5.74) is -1.21. The quantitative estimate of drug-likeness (QED) is 0.760. The second-order valence-electron chi connectivity index (χ2n) is 5.39. The predicted octanol–water partition coefficient (Wildman–Crippen LogP) is 1.26. The van der Waals surface area contributed by atoms with Crippen molar-refractivity contribution in [3.63, 3.8) is 0 Å². The SMILES string of the molecule is C=CCOC(=O)N1CCC2(COC)CC1(C(=O)O)C2. The Labute approximate surface area is 112 Å². The largest absolute Gasteiger partial charge is 0.479 e. The van der Waals surface area contributed by atoms with E-state index in [1.807, 2.05) is 0 Å². The third kappa shape index (κ3) is 2.10. The van der Waals surface area contributed by atoms with Crippen LogP contribution >= 0.6 is 0 Å². The Morgan fingerprint density at radius 2 is 2.16 bits per heavy atom. The molecule has 1 saturated carbocycles. The highest BCUT2D eigenvalue weighted by molar-refractivity contribution is 5.86. The molecule has 0 spiro atoms. The fourth-order valence-corrected chi connectivity index (χ4v) is 3.34. The molecule has 1 aliphatic carbocycles. The monoisotopic (exact) mass is 269 g/mol. The molecule has 3 fully saturated rings. The first-order chi connectivity index (χ1) is 8.99. The zero-order valence-corrected chi connectivity index (χ0v) is 11.1. The van der Waals surface area contributed by atoms with Gasteiger partial charge in [-0.3, -0.25) is 4.90 Å². The van der Waals surface area contributed by atoms with Gasteiger partial charge < -0.3 is 14.6 Å². The Bertz CT molecular complexity index is 400. The summed E-state index contributed by atoms with van der Waals surface area (Å²) < 4.78 is 10.1. The maximum atomic E-state index is 11.9. The van der Waals surface area contributed by atoms with Crippen LogP contribution in [0.2, 0.25) is 0 Å². The molecule has 2 heterocycles. The maximum Gasteiger partial charge on any atom is 0.411 e. The zero-order chi connectivity index (χ0) is 14.1. The minimum absolute atomic E-state index is 0.0915. The molecule has 2 aliphatic heterocycles. The Hall–Kier alpha value is -1.56. The van der Waals surface area contributed by atoms with E-state index >= 15 is 0 Å². The summed E-state index contributed by atoms with van der Waals surface area (Å²) in [6.07, 6.45) is 2.51. The number of hydrogen-bond acceptors (Lipinski definition) is 4. The van der Waals surface area contributed by atoms with Crippen LogP contribution in [-0.4, -0.2) is 54.5 Å². The number of fused-ring (bicyclic) bond motifs is 2. The fraction of sp³-hybridized carbons (Fsp3) is 0.692. The third-order valence-electron chi connectivity index (χ3n) is 4.11. The lowest BCUT2D eigenvalue weighted by molar-refractivity contribution is -0.190. The molecule has 106 valence electrons. The highest BCUT2D eigenvalue weighted by Gasteiger charge is 2.66. The molecule has 0 atom stereocenters. The number of carbonyl (C=O) groups excluding carboxylic acids is 1. The van der Waals surface area contributed by atoms with Crippen molar-refractivity contribution in [2.24, 2.45) is 5.41 Å². The standard InChI is InChI=1S/C13H19NO5/c1-3-6-19-11(17)14-5-4-12(9-18-2)7-13(14,8-12)10(15)16/h3H,1,4-9H2,2H3,(H,15,16). The fourth-order valence-electron chi connectivity index (χ4n) is 3.34. The predicted molar refractivity (Wildman–Crippen MR) is 66.8 cm³/mol. The number of rotatable bonds is 5. The van der Waals surface area contributed by atoms with E-state index in [-0.39, 0.29) is 12.0 Å². The average Bonchev–Trinajstić information content (AvgIpc) is 2.35. The summed E-state index contributed by atoms with van der Waals surface area (Å²) in [6, 6.07) is 0. The summed E-state index contributed by atoms with van der Waals surface area (Å²) in [4.78, 5) is 24.8. The van der Waals surface area contributed by atoms with Crippen LogP contribution in [0.3, 0.4) is 0 Å². The van der Waals surface area contributed by atoms with Gasteiger partial charge in [0.05, 0.1) is 6.61 Å². The van der Waals surface area contributed by atoms with Gasteiger partial charge in [0.15, 0.2) is 0 Å². The topological polar surface area (TPSA) is 76.1 Å². The van der Waals surface area contributed by atoms with Gasteiger partial charge in [-0.1, -0.05) is 12.7 Å². The minimum atomic E-state index is -1.12. The Morgan fingerprint density at radius 3 is 2.68 bits per heavy atom. The van der Waals surface area contributed by atoms with E-state index in [0.29, 0.717) is 26.0 Å². The van der Waals surface area contributed by atoms with Crippen molar-refractivity contribution in [3.8, 4) is 0 Å². The molecule has 0 aromatic carbocycles. The number of carboxylic acid groups (broad SMARTS) is 1. The van der Waals surface area contributed by atoms with Gasteiger partial charge in [0.1, 0.15) is 12.1 Å². The molecule has 2 bridgehead atoms. The van der Waals surface area contributed by atoms with Crippen molar-refractivity contribution >= 4 is 12.1 Å². The lowest BCUT2D eigenvalue weighted by Crippen LogP contribution is -2.73. The summed E-state index contributed by atoms with van der Waals surface area (Å²) in [6.45, 7) is 4.49. The lowest BCUT2D eigenvalue weighted by atomic mass is 9.52. The first-order valence-electron chi connectivity index (χ1n) is 6.27. The van der Waals surface area contributed by atoms with Gasteiger partial charge in [0.25, 0.3) is 0 Å². The molecule has 6 heteroatoms. The van der Waals surface area contributed by atoms with E-state index < -0.39 is 17.6 Å². The second-order valence-corrected chi connectivity index (χ2v) is 5.39. The van der Waals surface area contributed by atoms with Crippen LogP contribution in [0.25, 0.3) is 0 Å². The molecule has 1 N–H and O–H groups in total. The van der Waals surface area contributed by atoms with Crippen LogP contribution in [0.1, 0.15) is 19.3 Å². The molecule has 2 saturated heterocycles. The first-order valence-corrected chi connectivity index (χ1v) is 6.27. The maximum absolute atomic E-state index is 11.9. The number of methoxy groups -OCH3 is 1. The van der Waals surface area contributed by atoms with Gasteiger partial charge in [-0.15, -0.1) is 0 Å². The summed E-state index contributed by atoms with van der Waals surface area (Å²) in [7, 11) is 1.61. The van der Waals surface area contributed by atoms with Crippen LogP contribution in [-0.2, 0) is 14.3 Å². The lowest BCUT2D eigenvalue weighted by Gasteiger charge is -2.62. The van der Waals surface area contributed by atoms with Crippen molar-refractivity contribution in [1.82, 2.24) is 4.90 Å². The van der Waals surface area contributed by atoms with Crippen LogP contribution in [0.15, 0.2) is 12.7 Å². The molecule has 0 unspecified atom stereocenters. The smallest absolute Gasteiger partial charge is 0.411 e. The molecule has 19 heavy (non-hydrogen) atoms. The number of nitrogens with zero attached hydrogens (tertiary/aromatic N) is 1. The minimum Gasteiger partial charge on any atom is -0.479 e. The third-order valence-corrected chi connectivity index (χ3v) is 4.11. The van der Waals surface area contributed by atoms with Gasteiger partial charge in [-0.25, -0.2) is 9.59 Å². The summed E-state index contributed by atoms with van der Waals surface area (Å²) >= 11 is 0. The molecule has 0 aromatic rings. The van der Waals surface area contributed by atoms with E-state index in [1.165, 1.54) is 11.0 Å². The van der Waals surface area contributed by atoms with Crippen molar-refractivity contribution in [2.45, 2.75) is 24.8 Å². The summed E-state index contributed by atoms with van der Waals surface area (Å²) in [5.74, 6) is -0.963. The number of ether oxygens (including phenoxy) is 2. The van der Waals surface area contributed by atoms with Crippen LogP contribution in [0.4, 0.5) is 4.79 Å². The number of piperidine rings is 2. The molecular formula is C13H19NO5. The molecule has 6 nitrogen and oxygen atoms in total. The van der Waals surface area contributed by atoms with Crippen LogP contribution < -0.4 is 0 Å². The molecular weight excluding hydrogens is 250 g/mol. The van der Waals surface area contributed by atoms with Gasteiger partial charge >= 0.3 is 12.1 Å². The highest BCUT2D eigenvalue weighted by atomic mass is 16.6. The Morgan fingerprint density at radius 1 is 1.47 bits per heavy atom. The van der Waals surface area contributed by atoms with E-state index in [9.17, 15) is 14.7 Å². The number of carbonyl (C=O) groups is 2. The van der Waals surface area contributed by atoms with E-state index in [0.717, 1.165) is 6.42 Å². The number of amides is 1. The van der Waals surface area contributed by atoms with Crippen molar-refractivity contribution in [2.75, 3.05) is 26.9 Å². The average molecular weight is 269 g/mol. The highest BCUT2D eigenvalue weighted by Crippen LogP contribution is 2.58. The molecule has 3 aliphatic rings. The number of carboxylic acids is 1.